The van der Waals surface area contributed by atoms with Crippen LogP contribution in [0.15, 0.2) is 24.3 Å². The molecule has 5 heteroatoms. The van der Waals surface area contributed by atoms with E-state index in [1.165, 1.54) is 31.2 Å². The average molecular weight is 280 g/mol. The Morgan fingerprint density at radius 2 is 1.65 bits per heavy atom. The van der Waals surface area contributed by atoms with Gasteiger partial charge in [-0.2, -0.15) is 0 Å². The van der Waals surface area contributed by atoms with Gasteiger partial charge in [-0.25, -0.2) is 9.59 Å². The molecule has 1 N–H and O–H groups in total. The quantitative estimate of drug-likeness (QED) is 0.811. The van der Waals surface area contributed by atoms with Crippen LogP contribution in [0.1, 0.15) is 44.0 Å². The van der Waals surface area contributed by atoms with Crippen molar-refractivity contribution in [3.63, 3.8) is 0 Å². The predicted octanol–water partition coefficient (Wildman–Crippen LogP) is 2.67. The summed E-state index contributed by atoms with van der Waals surface area (Å²) in [4.78, 5) is 23.5. The van der Waals surface area contributed by atoms with Crippen LogP contribution in [-0.2, 0) is 14.3 Å². The van der Waals surface area contributed by atoms with E-state index < -0.39 is 18.0 Å². The van der Waals surface area contributed by atoms with Gasteiger partial charge < -0.3 is 14.6 Å². The van der Waals surface area contributed by atoms with Crippen LogP contribution in [0.4, 0.5) is 0 Å². The van der Waals surface area contributed by atoms with Crippen LogP contribution in [-0.4, -0.2) is 29.3 Å². The lowest BCUT2D eigenvalue weighted by atomic mass is 10.2. The Bertz CT molecular complexity index is 448. The van der Waals surface area contributed by atoms with Crippen LogP contribution < -0.4 is 0 Å². The molecule has 5 nitrogen and oxygen atoms in total. The van der Waals surface area contributed by atoms with Gasteiger partial charge in [0.2, 0.25) is 0 Å². The van der Waals surface area contributed by atoms with Crippen molar-refractivity contribution in [3.05, 3.63) is 29.8 Å². The highest BCUT2D eigenvalue weighted by Gasteiger charge is 2.22. The first kappa shape index (κ1) is 16.0. The number of esters is 2. The second kappa shape index (κ2) is 7.53. The zero-order valence-corrected chi connectivity index (χ0v) is 12.0. The number of hydrogen-bond donors (Lipinski definition) is 1. The lowest BCUT2D eigenvalue weighted by Gasteiger charge is -2.17. The first-order valence-corrected chi connectivity index (χ1v) is 6.68. The first-order chi connectivity index (χ1) is 9.47. The molecule has 0 aliphatic rings. The van der Waals surface area contributed by atoms with Crippen molar-refractivity contribution < 1.29 is 24.2 Å². The largest absolute Gasteiger partial charge is 0.508 e. The topological polar surface area (TPSA) is 72.8 Å². The molecule has 0 aliphatic carbocycles. The van der Waals surface area contributed by atoms with E-state index in [2.05, 4.69) is 0 Å². The predicted molar refractivity (Wildman–Crippen MR) is 73.4 cm³/mol. The summed E-state index contributed by atoms with van der Waals surface area (Å²) in [7, 11) is 0. The molecule has 0 unspecified atom stereocenters. The van der Waals surface area contributed by atoms with Gasteiger partial charge in [0.15, 0.2) is 6.10 Å². The summed E-state index contributed by atoms with van der Waals surface area (Å²) in [5.41, 5.74) is 0.269. The zero-order valence-electron chi connectivity index (χ0n) is 12.0. The van der Waals surface area contributed by atoms with Gasteiger partial charge in [0, 0.05) is 0 Å². The molecule has 110 valence electrons. The van der Waals surface area contributed by atoms with E-state index >= 15 is 0 Å². The molecule has 0 aromatic heterocycles. The van der Waals surface area contributed by atoms with E-state index in [9.17, 15) is 9.59 Å². The molecule has 0 spiro atoms. The second-order valence-electron chi connectivity index (χ2n) is 4.47. The SMILES string of the molecule is CCC(CC)OC(=O)[C@H](C)OC(=O)c1ccc(O)cc1. The molecule has 0 heterocycles. The van der Waals surface area contributed by atoms with Gasteiger partial charge in [0.25, 0.3) is 0 Å². The number of hydrogen-bond acceptors (Lipinski definition) is 5. The molecule has 0 radical (unpaired) electrons. The monoisotopic (exact) mass is 280 g/mol. The summed E-state index contributed by atoms with van der Waals surface area (Å²) in [6.45, 7) is 5.33. The smallest absolute Gasteiger partial charge is 0.347 e. The Balaban J connectivity index is 2.56. The molecule has 0 saturated heterocycles. The Labute approximate surface area is 118 Å². The minimum atomic E-state index is -0.961. The molecule has 20 heavy (non-hydrogen) atoms. The van der Waals surface area contributed by atoms with Gasteiger partial charge in [-0.15, -0.1) is 0 Å². The number of carbonyl (C=O) groups is 2. The minimum Gasteiger partial charge on any atom is -0.508 e. The minimum absolute atomic E-state index is 0.0581. The number of ether oxygens (including phenoxy) is 2. The maximum atomic E-state index is 11.8. The highest BCUT2D eigenvalue weighted by Crippen LogP contribution is 2.12. The van der Waals surface area contributed by atoms with Gasteiger partial charge in [0.05, 0.1) is 5.56 Å². The standard InChI is InChI=1S/C15H20O5/c1-4-13(5-2)20-14(17)10(3)19-15(18)11-6-8-12(16)9-7-11/h6-10,13,16H,4-5H2,1-3H3/t10-/m0/s1. The van der Waals surface area contributed by atoms with Crippen molar-refractivity contribution in [2.75, 3.05) is 0 Å². The van der Waals surface area contributed by atoms with E-state index in [0.717, 1.165) is 12.8 Å². The molecule has 0 fully saturated rings. The van der Waals surface area contributed by atoms with E-state index in [1.54, 1.807) is 0 Å². The summed E-state index contributed by atoms with van der Waals surface area (Å²) < 4.78 is 10.2. The molecular formula is C15H20O5. The Morgan fingerprint density at radius 3 is 2.15 bits per heavy atom. The summed E-state index contributed by atoms with van der Waals surface area (Å²) >= 11 is 0. The summed E-state index contributed by atoms with van der Waals surface area (Å²) in [5, 5.41) is 9.14. The Hall–Kier alpha value is -2.04. The van der Waals surface area contributed by atoms with Crippen LogP contribution >= 0.6 is 0 Å². The van der Waals surface area contributed by atoms with E-state index in [0.29, 0.717) is 0 Å². The van der Waals surface area contributed by atoms with E-state index in [-0.39, 0.29) is 17.4 Å². The van der Waals surface area contributed by atoms with Crippen molar-refractivity contribution in [2.24, 2.45) is 0 Å². The molecule has 0 amide bonds. The van der Waals surface area contributed by atoms with Gasteiger partial charge in [0.1, 0.15) is 11.9 Å². The highest BCUT2D eigenvalue weighted by atomic mass is 16.6. The highest BCUT2D eigenvalue weighted by molar-refractivity contribution is 5.91. The van der Waals surface area contributed by atoms with Crippen molar-refractivity contribution in [2.45, 2.75) is 45.8 Å². The average Bonchev–Trinajstić information content (AvgIpc) is 2.44. The fourth-order valence-electron chi connectivity index (χ4n) is 1.59. The lowest BCUT2D eigenvalue weighted by molar-refractivity contribution is -0.158. The summed E-state index contributed by atoms with van der Waals surface area (Å²) in [5.74, 6) is -1.12. The van der Waals surface area contributed by atoms with Crippen LogP contribution in [0, 0.1) is 0 Å². The van der Waals surface area contributed by atoms with Crippen LogP contribution in [0.2, 0.25) is 0 Å². The molecule has 1 aromatic carbocycles. The summed E-state index contributed by atoms with van der Waals surface area (Å²) in [6.07, 6.45) is 0.330. The summed E-state index contributed by atoms with van der Waals surface area (Å²) in [6, 6.07) is 5.61. The Morgan fingerprint density at radius 1 is 1.10 bits per heavy atom. The molecule has 1 rings (SSSR count). The molecule has 0 aliphatic heterocycles. The molecule has 0 bridgehead atoms. The fourth-order valence-corrected chi connectivity index (χ4v) is 1.59. The maximum absolute atomic E-state index is 11.8. The third-order valence-corrected chi connectivity index (χ3v) is 2.91. The fraction of sp³-hybridized carbons (Fsp3) is 0.467. The lowest BCUT2D eigenvalue weighted by Crippen LogP contribution is -2.29. The zero-order chi connectivity index (χ0) is 15.1. The third-order valence-electron chi connectivity index (χ3n) is 2.91. The van der Waals surface area contributed by atoms with Crippen LogP contribution in [0.5, 0.6) is 5.75 Å². The molecular weight excluding hydrogens is 260 g/mol. The van der Waals surface area contributed by atoms with Gasteiger partial charge in [-0.1, -0.05) is 13.8 Å². The number of benzene rings is 1. The molecule has 1 atom stereocenters. The van der Waals surface area contributed by atoms with Crippen molar-refractivity contribution in [3.8, 4) is 5.75 Å². The number of aromatic hydroxyl groups is 1. The normalized spacial score (nSPS) is 12.0. The third kappa shape index (κ3) is 4.57. The van der Waals surface area contributed by atoms with Gasteiger partial charge in [-0.3, -0.25) is 0 Å². The van der Waals surface area contributed by atoms with E-state index in [4.69, 9.17) is 14.6 Å². The number of rotatable bonds is 6. The molecule has 0 saturated carbocycles. The van der Waals surface area contributed by atoms with Gasteiger partial charge >= 0.3 is 11.9 Å². The second-order valence-corrected chi connectivity index (χ2v) is 4.47. The van der Waals surface area contributed by atoms with Crippen molar-refractivity contribution in [1.82, 2.24) is 0 Å². The number of carbonyl (C=O) groups excluding carboxylic acids is 2. The molecule has 1 aromatic rings. The van der Waals surface area contributed by atoms with E-state index in [1.807, 2.05) is 13.8 Å². The van der Waals surface area contributed by atoms with Crippen LogP contribution in [0.3, 0.4) is 0 Å². The van der Waals surface area contributed by atoms with Crippen molar-refractivity contribution in [1.29, 1.82) is 0 Å². The van der Waals surface area contributed by atoms with Gasteiger partial charge in [-0.05, 0) is 44.0 Å². The first-order valence-electron chi connectivity index (χ1n) is 6.68. The Kier molecular flexibility index (Phi) is 6.03. The maximum Gasteiger partial charge on any atom is 0.347 e. The van der Waals surface area contributed by atoms with Crippen molar-refractivity contribution >= 4 is 11.9 Å². The number of phenolic OH excluding ortho intramolecular Hbond substituents is 1. The number of phenols is 1. The van der Waals surface area contributed by atoms with Crippen LogP contribution in [0.25, 0.3) is 0 Å².